The molecule has 0 bridgehead atoms. The molecule has 2 aliphatic heterocycles. The number of nitrogens with zero attached hydrogens (tertiary/aromatic N) is 1. The van der Waals surface area contributed by atoms with E-state index in [0.717, 1.165) is 17.4 Å². The lowest BCUT2D eigenvalue weighted by Gasteiger charge is -2.46. The Morgan fingerprint density at radius 2 is 2.05 bits per heavy atom. The number of ketones is 1. The van der Waals surface area contributed by atoms with Gasteiger partial charge in [-0.1, -0.05) is 30.3 Å². The molecular weight excluding hydrogens is 266 g/mol. The van der Waals surface area contributed by atoms with Crippen LogP contribution >= 0.6 is 0 Å². The van der Waals surface area contributed by atoms with Crippen LogP contribution in [0.15, 0.2) is 36.4 Å². The zero-order valence-electron chi connectivity index (χ0n) is 11.5. The van der Waals surface area contributed by atoms with E-state index in [1.807, 2.05) is 35.2 Å². The summed E-state index contributed by atoms with van der Waals surface area (Å²) in [5, 5.41) is 0. The number of hydrogen-bond acceptors (Lipinski definition) is 3. The third kappa shape index (κ3) is 1.47. The van der Waals surface area contributed by atoms with Gasteiger partial charge in [0.1, 0.15) is 6.29 Å². The van der Waals surface area contributed by atoms with Crippen molar-refractivity contribution in [2.75, 3.05) is 6.54 Å². The first kappa shape index (κ1) is 12.5. The molecule has 2 heterocycles. The predicted octanol–water partition coefficient (Wildman–Crippen LogP) is 1.24. The minimum absolute atomic E-state index is 0.0369. The Labute approximate surface area is 122 Å². The number of aldehydes is 1. The average Bonchev–Trinajstić information content (AvgIpc) is 2.83. The first-order valence-electron chi connectivity index (χ1n) is 7.23. The molecule has 21 heavy (non-hydrogen) atoms. The molecule has 1 fully saturated rings. The largest absolute Gasteiger partial charge is 0.328 e. The van der Waals surface area contributed by atoms with E-state index in [1.54, 1.807) is 6.08 Å². The van der Waals surface area contributed by atoms with Gasteiger partial charge in [0, 0.05) is 24.8 Å². The summed E-state index contributed by atoms with van der Waals surface area (Å²) >= 11 is 0. The van der Waals surface area contributed by atoms with E-state index in [-0.39, 0.29) is 23.5 Å². The Balaban J connectivity index is 2.00. The van der Waals surface area contributed by atoms with E-state index in [1.165, 1.54) is 0 Å². The highest BCUT2D eigenvalue weighted by Crippen LogP contribution is 2.53. The van der Waals surface area contributed by atoms with Crippen LogP contribution in [0.4, 0.5) is 0 Å². The third-order valence-electron chi connectivity index (χ3n) is 5.13. The highest BCUT2D eigenvalue weighted by atomic mass is 16.2. The van der Waals surface area contributed by atoms with Crippen LogP contribution in [0.3, 0.4) is 0 Å². The van der Waals surface area contributed by atoms with Crippen molar-refractivity contribution >= 4 is 18.0 Å². The van der Waals surface area contributed by atoms with Gasteiger partial charge in [-0.3, -0.25) is 9.59 Å². The first-order chi connectivity index (χ1) is 10.2. The summed E-state index contributed by atoms with van der Waals surface area (Å²) in [4.78, 5) is 37.6. The summed E-state index contributed by atoms with van der Waals surface area (Å²) in [5.41, 5.74) is 1.47. The quantitative estimate of drug-likeness (QED) is 0.728. The van der Waals surface area contributed by atoms with Crippen molar-refractivity contribution in [2.45, 2.75) is 18.4 Å². The first-order valence-corrected chi connectivity index (χ1v) is 7.23. The van der Waals surface area contributed by atoms with E-state index < -0.39 is 5.54 Å². The molecule has 4 heteroatoms. The molecule has 106 valence electrons. The molecule has 0 saturated carbocycles. The monoisotopic (exact) mass is 281 g/mol. The van der Waals surface area contributed by atoms with E-state index in [4.69, 9.17) is 0 Å². The molecule has 1 spiro atoms. The lowest BCUT2D eigenvalue weighted by atomic mass is 9.67. The molecule has 1 unspecified atom stereocenters. The highest BCUT2D eigenvalue weighted by molar-refractivity contribution is 5.94. The number of hydrogen-bond donors (Lipinski definition) is 0. The lowest BCUT2D eigenvalue weighted by molar-refractivity contribution is -0.136. The number of fused-ring (bicyclic) bond motifs is 1. The number of rotatable bonds is 1. The van der Waals surface area contributed by atoms with Crippen LogP contribution in [-0.2, 0) is 26.3 Å². The number of carbonyl (C=O) groups is 3. The molecule has 1 aromatic rings. The second-order valence-electron chi connectivity index (χ2n) is 6.07. The molecule has 0 N–H and O–H groups in total. The second kappa shape index (κ2) is 4.13. The summed E-state index contributed by atoms with van der Waals surface area (Å²) in [6.07, 6.45) is 5.04. The fraction of sp³-hybridized carbons (Fsp3) is 0.353. The standard InChI is InChI=1S/C17H15NO3/c19-10-12-9-18-16(21)7-11-3-1-2-4-14(11)17(18)6-5-13(20)8-15(12)17/h1-6,10,12,15H,7-9H2/t12-,15?,17+/m1/s1. The van der Waals surface area contributed by atoms with Crippen LogP contribution in [0, 0.1) is 11.8 Å². The number of allylic oxidation sites excluding steroid dienone is 1. The van der Waals surface area contributed by atoms with Crippen molar-refractivity contribution < 1.29 is 14.4 Å². The van der Waals surface area contributed by atoms with Crippen molar-refractivity contribution in [3.8, 4) is 0 Å². The van der Waals surface area contributed by atoms with Gasteiger partial charge in [-0.25, -0.2) is 0 Å². The van der Waals surface area contributed by atoms with Crippen LogP contribution in [0.5, 0.6) is 0 Å². The van der Waals surface area contributed by atoms with Gasteiger partial charge in [0.2, 0.25) is 5.91 Å². The van der Waals surface area contributed by atoms with Crippen LogP contribution in [-0.4, -0.2) is 29.4 Å². The maximum Gasteiger partial charge on any atom is 0.228 e. The Bertz CT molecular complexity index is 693. The van der Waals surface area contributed by atoms with Gasteiger partial charge < -0.3 is 9.69 Å². The van der Waals surface area contributed by atoms with Gasteiger partial charge in [0.05, 0.1) is 12.0 Å². The van der Waals surface area contributed by atoms with Crippen molar-refractivity contribution in [3.63, 3.8) is 0 Å². The Morgan fingerprint density at radius 3 is 2.86 bits per heavy atom. The number of amides is 1. The molecule has 3 aliphatic rings. The van der Waals surface area contributed by atoms with E-state index in [2.05, 4.69) is 0 Å². The molecule has 4 rings (SSSR count). The minimum Gasteiger partial charge on any atom is -0.328 e. The average molecular weight is 281 g/mol. The smallest absolute Gasteiger partial charge is 0.228 e. The molecule has 0 radical (unpaired) electrons. The fourth-order valence-corrected chi connectivity index (χ4v) is 4.25. The molecule has 1 aromatic carbocycles. The van der Waals surface area contributed by atoms with Crippen LogP contribution in [0.1, 0.15) is 17.5 Å². The third-order valence-corrected chi connectivity index (χ3v) is 5.13. The fourth-order valence-electron chi connectivity index (χ4n) is 4.25. The normalized spacial score (nSPS) is 33.4. The molecule has 1 amide bonds. The van der Waals surface area contributed by atoms with Crippen molar-refractivity contribution in [2.24, 2.45) is 11.8 Å². The van der Waals surface area contributed by atoms with Gasteiger partial charge in [-0.2, -0.15) is 0 Å². The zero-order valence-corrected chi connectivity index (χ0v) is 11.5. The molecule has 3 atom stereocenters. The van der Waals surface area contributed by atoms with E-state index in [9.17, 15) is 14.4 Å². The Morgan fingerprint density at radius 1 is 1.24 bits per heavy atom. The Hall–Kier alpha value is -2.23. The molecule has 0 aromatic heterocycles. The Kier molecular flexibility index (Phi) is 2.46. The second-order valence-corrected chi connectivity index (χ2v) is 6.07. The zero-order chi connectivity index (χ0) is 14.6. The van der Waals surface area contributed by atoms with E-state index >= 15 is 0 Å². The van der Waals surface area contributed by atoms with Gasteiger partial charge in [0.15, 0.2) is 5.78 Å². The van der Waals surface area contributed by atoms with Gasteiger partial charge in [-0.05, 0) is 17.2 Å². The van der Waals surface area contributed by atoms with Crippen LogP contribution in [0.25, 0.3) is 0 Å². The maximum absolute atomic E-state index is 12.5. The molecule has 1 saturated heterocycles. The molecule has 4 nitrogen and oxygen atoms in total. The van der Waals surface area contributed by atoms with Crippen molar-refractivity contribution in [3.05, 3.63) is 47.5 Å². The summed E-state index contributed by atoms with van der Waals surface area (Å²) < 4.78 is 0. The topological polar surface area (TPSA) is 54.5 Å². The van der Waals surface area contributed by atoms with Gasteiger partial charge >= 0.3 is 0 Å². The van der Waals surface area contributed by atoms with Crippen molar-refractivity contribution in [1.82, 2.24) is 4.90 Å². The highest BCUT2D eigenvalue weighted by Gasteiger charge is 2.58. The van der Waals surface area contributed by atoms with Crippen molar-refractivity contribution in [1.29, 1.82) is 0 Å². The van der Waals surface area contributed by atoms with Crippen LogP contribution < -0.4 is 0 Å². The minimum atomic E-state index is -0.606. The molecular formula is C17H15NO3. The summed E-state index contributed by atoms with van der Waals surface area (Å²) in [5.74, 6) is -0.330. The van der Waals surface area contributed by atoms with Gasteiger partial charge in [-0.15, -0.1) is 0 Å². The van der Waals surface area contributed by atoms with E-state index in [0.29, 0.717) is 19.4 Å². The summed E-state index contributed by atoms with van der Waals surface area (Å²) in [6.45, 7) is 0.416. The maximum atomic E-state index is 12.5. The summed E-state index contributed by atoms with van der Waals surface area (Å²) in [6, 6.07) is 7.87. The lowest BCUT2D eigenvalue weighted by Crippen LogP contribution is -2.52. The molecule has 1 aliphatic carbocycles. The predicted molar refractivity (Wildman–Crippen MR) is 75.3 cm³/mol. The number of carbonyl (C=O) groups excluding carboxylic acids is 3. The van der Waals surface area contributed by atoms with Crippen LogP contribution in [0.2, 0.25) is 0 Å². The SMILES string of the molecule is O=C[C@H]1CN2C(=O)Cc3ccccc3[C@]23C=CC(=O)CC13. The van der Waals surface area contributed by atoms with Gasteiger partial charge in [0.25, 0.3) is 0 Å². The summed E-state index contributed by atoms with van der Waals surface area (Å²) in [7, 11) is 0. The number of benzene rings is 1.